The normalized spacial score (nSPS) is 38.4. The minimum absolute atomic E-state index is 0.105. The van der Waals surface area contributed by atoms with E-state index in [1.165, 1.54) is 31.1 Å². The van der Waals surface area contributed by atoms with Gasteiger partial charge < -0.3 is 9.15 Å². The summed E-state index contributed by atoms with van der Waals surface area (Å²) in [4.78, 5) is 12.3. The molecule has 5 heteroatoms. The summed E-state index contributed by atoms with van der Waals surface area (Å²) < 4.78 is 11.0. The van der Waals surface area contributed by atoms with Gasteiger partial charge in [0.2, 0.25) is 5.76 Å². The topological polar surface area (TPSA) is 63.5 Å². The number of nitrogens with one attached hydrogen (secondary N) is 2. The predicted octanol–water partition coefficient (Wildman–Crippen LogP) is 3.53. The zero-order valence-electron chi connectivity index (χ0n) is 15.9. The van der Waals surface area contributed by atoms with E-state index in [0.29, 0.717) is 29.7 Å². The zero-order valence-corrected chi connectivity index (χ0v) is 15.9. The second-order valence-electron chi connectivity index (χ2n) is 8.88. The van der Waals surface area contributed by atoms with E-state index in [0.717, 1.165) is 19.4 Å². The van der Waals surface area contributed by atoms with Crippen LogP contribution in [-0.2, 0) is 4.74 Å². The summed E-state index contributed by atoms with van der Waals surface area (Å²) >= 11 is 0. The summed E-state index contributed by atoms with van der Waals surface area (Å²) in [6.07, 6.45) is 14.3. The number of hydrogen-bond donors (Lipinski definition) is 2. The number of carbonyl (C=O) groups is 1. The van der Waals surface area contributed by atoms with Crippen molar-refractivity contribution in [3.8, 4) is 0 Å². The summed E-state index contributed by atoms with van der Waals surface area (Å²) in [6.45, 7) is 1.04. The van der Waals surface area contributed by atoms with Crippen molar-refractivity contribution in [1.29, 1.82) is 0 Å². The Hall–Kier alpha value is -2.11. The molecule has 0 bridgehead atoms. The third-order valence-electron chi connectivity index (χ3n) is 7.53. The van der Waals surface area contributed by atoms with Crippen LogP contribution in [0.25, 0.3) is 0 Å². The van der Waals surface area contributed by atoms with E-state index in [1.54, 1.807) is 23.3 Å². The van der Waals surface area contributed by atoms with Crippen molar-refractivity contribution in [2.75, 3.05) is 6.54 Å². The molecule has 1 saturated heterocycles. The van der Waals surface area contributed by atoms with Crippen molar-refractivity contribution >= 4 is 5.97 Å². The first-order valence-corrected chi connectivity index (χ1v) is 10.6. The molecular weight excluding hydrogens is 352 g/mol. The molecule has 0 spiro atoms. The Morgan fingerprint density at radius 2 is 2.04 bits per heavy atom. The second-order valence-corrected chi connectivity index (χ2v) is 8.88. The van der Waals surface area contributed by atoms with E-state index in [-0.39, 0.29) is 17.8 Å². The molecule has 6 atom stereocenters. The fourth-order valence-electron chi connectivity index (χ4n) is 6.22. The molecule has 1 aromatic heterocycles. The van der Waals surface area contributed by atoms with Gasteiger partial charge in [-0.3, -0.25) is 10.9 Å². The molecule has 146 valence electrons. The number of hydrogen-bond acceptors (Lipinski definition) is 5. The highest BCUT2D eigenvalue weighted by molar-refractivity contribution is 5.86. The van der Waals surface area contributed by atoms with Gasteiger partial charge >= 0.3 is 5.97 Å². The fourth-order valence-corrected chi connectivity index (χ4v) is 6.22. The van der Waals surface area contributed by atoms with Crippen LogP contribution in [0.3, 0.4) is 0 Å². The van der Waals surface area contributed by atoms with Crippen molar-refractivity contribution in [3.05, 3.63) is 59.1 Å². The lowest BCUT2D eigenvalue weighted by Crippen LogP contribution is -2.39. The lowest BCUT2D eigenvalue weighted by Gasteiger charge is -2.43. The molecular formula is C23H26N2O3. The Morgan fingerprint density at radius 3 is 2.93 bits per heavy atom. The lowest BCUT2D eigenvalue weighted by atomic mass is 9.62. The smallest absolute Gasteiger partial charge is 0.374 e. The molecule has 6 unspecified atom stereocenters. The Bertz CT molecular complexity index is 882. The Kier molecular flexibility index (Phi) is 3.88. The van der Waals surface area contributed by atoms with Gasteiger partial charge in [-0.1, -0.05) is 18.2 Å². The number of ether oxygens (including phenoxy) is 1. The number of rotatable bonds is 2. The first-order chi connectivity index (χ1) is 13.8. The molecule has 28 heavy (non-hydrogen) atoms. The quantitative estimate of drug-likeness (QED) is 0.771. The van der Waals surface area contributed by atoms with E-state index < -0.39 is 0 Å². The summed E-state index contributed by atoms with van der Waals surface area (Å²) in [7, 11) is 0. The van der Waals surface area contributed by atoms with Gasteiger partial charge in [-0.25, -0.2) is 4.79 Å². The van der Waals surface area contributed by atoms with Crippen LogP contribution in [0.5, 0.6) is 0 Å². The molecule has 3 fully saturated rings. The van der Waals surface area contributed by atoms with Gasteiger partial charge in [0.25, 0.3) is 0 Å². The minimum Gasteiger partial charge on any atom is -0.457 e. The van der Waals surface area contributed by atoms with Crippen LogP contribution in [0.4, 0.5) is 0 Å². The summed E-state index contributed by atoms with van der Waals surface area (Å²) in [5.41, 5.74) is 11.3. The highest BCUT2D eigenvalue weighted by Gasteiger charge is 2.46. The van der Waals surface area contributed by atoms with Gasteiger partial charge in [-0.05, 0) is 78.7 Å². The van der Waals surface area contributed by atoms with Gasteiger partial charge in [0.15, 0.2) is 0 Å². The first-order valence-electron chi connectivity index (χ1n) is 10.6. The van der Waals surface area contributed by atoms with E-state index in [4.69, 9.17) is 9.15 Å². The minimum atomic E-state index is -0.350. The van der Waals surface area contributed by atoms with Crippen LogP contribution in [-0.4, -0.2) is 24.7 Å². The third-order valence-corrected chi connectivity index (χ3v) is 7.53. The first kappa shape index (κ1) is 16.8. The van der Waals surface area contributed by atoms with Gasteiger partial charge in [0.1, 0.15) is 6.10 Å². The van der Waals surface area contributed by atoms with E-state index >= 15 is 0 Å². The molecule has 6 rings (SSSR count). The highest BCUT2D eigenvalue weighted by Crippen LogP contribution is 2.53. The summed E-state index contributed by atoms with van der Waals surface area (Å²) in [5.74, 6) is 2.36. The summed E-state index contributed by atoms with van der Waals surface area (Å²) in [6, 6.07) is 3.98. The maximum atomic E-state index is 12.3. The largest absolute Gasteiger partial charge is 0.457 e. The molecule has 1 aliphatic heterocycles. The average Bonchev–Trinajstić information content (AvgIpc) is 3.46. The van der Waals surface area contributed by atoms with Gasteiger partial charge in [-0.2, -0.15) is 0 Å². The lowest BCUT2D eigenvalue weighted by molar-refractivity contribution is 0.0346. The van der Waals surface area contributed by atoms with Crippen molar-refractivity contribution in [3.63, 3.8) is 0 Å². The molecule has 2 saturated carbocycles. The fraction of sp³-hybridized carbons (Fsp3) is 0.522. The van der Waals surface area contributed by atoms with Crippen molar-refractivity contribution in [2.45, 2.75) is 44.2 Å². The van der Waals surface area contributed by atoms with E-state index in [9.17, 15) is 4.79 Å². The van der Waals surface area contributed by atoms with Crippen LogP contribution in [0.1, 0.15) is 42.7 Å². The summed E-state index contributed by atoms with van der Waals surface area (Å²) in [5, 5.41) is 0. The van der Waals surface area contributed by atoms with E-state index in [1.807, 2.05) is 0 Å². The molecule has 0 amide bonds. The van der Waals surface area contributed by atoms with Crippen LogP contribution in [0.15, 0.2) is 57.8 Å². The molecule has 2 heterocycles. The van der Waals surface area contributed by atoms with Crippen LogP contribution >= 0.6 is 0 Å². The number of hydrazine groups is 1. The Balaban J connectivity index is 1.27. The second kappa shape index (κ2) is 6.46. The monoisotopic (exact) mass is 378 g/mol. The number of allylic oxidation sites excluding steroid dienone is 4. The van der Waals surface area contributed by atoms with Crippen molar-refractivity contribution < 1.29 is 13.9 Å². The molecule has 4 aliphatic carbocycles. The standard InChI is InChI=1S/C23H26N2O3/c26-23(22-2-1-9-27-22)28-21-8-7-16-15-4-3-13-11-20-14(12-24-25-20)10-19(13)17(15)5-6-18(16)21/h1-2,5-6,9-10,13-16,20-21,24-25H,3-4,7-8,11-12H2. The zero-order chi connectivity index (χ0) is 18.7. The molecule has 0 radical (unpaired) electrons. The molecule has 0 aromatic carbocycles. The molecule has 5 aliphatic rings. The van der Waals surface area contributed by atoms with Crippen LogP contribution < -0.4 is 10.9 Å². The average molecular weight is 378 g/mol. The van der Waals surface area contributed by atoms with Crippen molar-refractivity contribution in [1.82, 2.24) is 10.9 Å². The van der Waals surface area contributed by atoms with Gasteiger partial charge in [-0.15, -0.1) is 0 Å². The maximum absolute atomic E-state index is 12.3. The predicted molar refractivity (Wildman–Crippen MR) is 104 cm³/mol. The number of furan rings is 1. The van der Waals surface area contributed by atoms with Crippen LogP contribution in [0.2, 0.25) is 0 Å². The van der Waals surface area contributed by atoms with Crippen LogP contribution in [0, 0.1) is 23.7 Å². The number of esters is 1. The Labute approximate surface area is 164 Å². The van der Waals surface area contributed by atoms with Gasteiger partial charge in [0, 0.05) is 18.5 Å². The van der Waals surface area contributed by atoms with Gasteiger partial charge in [0.05, 0.1) is 6.26 Å². The number of fused-ring (bicyclic) bond motifs is 6. The maximum Gasteiger partial charge on any atom is 0.374 e. The van der Waals surface area contributed by atoms with Crippen molar-refractivity contribution in [2.24, 2.45) is 23.7 Å². The molecule has 2 N–H and O–H groups in total. The third kappa shape index (κ3) is 2.56. The Morgan fingerprint density at radius 1 is 1.11 bits per heavy atom. The molecule has 5 nitrogen and oxygen atoms in total. The molecule has 1 aromatic rings. The SMILES string of the molecule is O=C(OC1CCC2C1=CC=C1C3=CC4CNNC4CC3CCC12)c1ccco1. The van der Waals surface area contributed by atoms with E-state index in [2.05, 4.69) is 29.1 Å². The highest BCUT2D eigenvalue weighted by atomic mass is 16.6. The number of carbonyl (C=O) groups excluding carboxylic acids is 1.